The Morgan fingerprint density at radius 3 is 2.42 bits per heavy atom. The standard InChI is InChI=1S/C15H20BrNO2/c1-9-5-10(2)7-12(6-9)17-11-3-4-13(15(18)19)14(16)8-11/h3-4,8-10,12,17H,5-7H2,1-2H3,(H,18,19). The van der Waals surface area contributed by atoms with Crippen molar-refractivity contribution < 1.29 is 9.90 Å². The molecule has 0 bridgehead atoms. The highest BCUT2D eigenvalue weighted by Gasteiger charge is 2.23. The number of carboxylic acids is 1. The lowest BCUT2D eigenvalue weighted by atomic mass is 9.80. The van der Waals surface area contributed by atoms with Crippen LogP contribution in [-0.2, 0) is 0 Å². The van der Waals surface area contributed by atoms with Crippen LogP contribution in [0.4, 0.5) is 5.69 Å². The Hall–Kier alpha value is -1.03. The minimum Gasteiger partial charge on any atom is -0.478 e. The molecule has 1 aromatic carbocycles. The predicted octanol–water partition coefficient (Wildman–Crippen LogP) is 4.38. The molecule has 0 heterocycles. The van der Waals surface area contributed by atoms with E-state index in [1.165, 1.54) is 19.3 Å². The van der Waals surface area contributed by atoms with Crippen LogP contribution in [0.2, 0.25) is 0 Å². The summed E-state index contributed by atoms with van der Waals surface area (Å²) in [7, 11) is 0. The van der Waals surface area contributed by atoms with E-state index in [0.29, 0.717) is 16.1 Å². The van der Waals surface area contributed by atoms with Crippen LogP contribution in [0.5, 0.6) is 0 Å². The summed E-state index contributed by atoms with van der Waals surface area (Å²) >= 11 is 3.32. The SMILES string of the molecule is CC1CC(C)CC(Nc2ccc(C(=O)O)c(Br)c2)C1. The molecule has 2 rings (SSSR count). The van der Waals surface area contributed by atoms with Crippen LogP contribution in [0.1, 0.15) is 43.5 Å². The number of carboxylic acid groups (broad SMARTS) is 1. The lowest BCUT2D eigenvalue weighted by Gasteiger charge is -2.32. The molecule has 2 unspecified atom stereocenters. The zero-order valence-corrected chi connectivity index (χ0v) is 12.9. The Balaban J connectivity index is 2.07. The maximum absolute atomic E-state index is 11.0. The lowest BCUT2D eigenvalue weighted by Crippen LogP contribution is -2.30. The summed E-state index contributed by atoms with van der Waals surface area (Å²) in [5, 5.41) is 12.5. The molecule has 0 aliphatic heterocycles. The topological polar surface area (TPSA) is 49.3 Å². The molecular formula is C15H20BrNO2. The molecule has 3 nitrogen and oxygen atoms in total. The highest BCUT2D eigenvalue weighted by molar-refractivity contribution is 9.10. The van der Waals surface area contributed by atoms with Gasteiger partial charge in [-0.15, -0.1) is 0 Å². The number of aromatic carboxylic acids is 1. The van der Waals surface area contributed by atoms with Gasteiger partial charge in [-0.3, -0.25) is 0 Å². The number of hydrogen-bond acceptors (Lipinski definition) is 2. The van der Waals surface area contributed by atoms with E-state index in [1.54, 1.807) is 6.07 Å². The number of anilines is 1. The van der Waals surface area contributed by atoms with Gasteiger partial charge in [0.25, 0.3) is 0 Å². The lowest BCUT2D eigenvalue weighted by molar-refractivity contribution is 0.0696. The van der Waals surface area contributed by atoms with Gasteiger partial charge in [0.05, 0.1) is 5.56 Å². The quantitative estimate of drug-likeness (QED) is 0.866. The Morgan fingerprint density at radius 2 is 1.89 bits per heavy atom. The maximum atomic E-state index is 11.0. The molecule has 0 radical (unpaired) electrons. The number of nitrogens with one attached hydrogen (secondary N) is 1. The van der Waals surface area contributed by atoms with Crippen LogP contribution in [0, 0.1) is 11.8 Å². The molecule has 1 aromatic rings. The smallest absolute Gasteiger partial charge is 0.336 e. The van der Waals surface area contributed by atoms with Gasteiger partial charge in [0.15, 0.2) is 0 Å². The first-order valence-corrected chi connectivity index (χ1v) is 7.54. The van der Waals surface area contributed by atoms with Crippen LogP contribution in [0.3, 0.4) is 0 Å². The zero-order valence-electron chi connectivity index (χ0n) is 11.3. The molecule has 0 aromatic heterocycles. The van der Waals surface area contributed by atoms with E-state index in [0.717, 1.165) is 17.5 Å². The molecule has 0 saturated heterocycles. The number of halogens is 1. The second-order valence-electron chi connectivity index (χ2n) is 5.76. The van der Waals surface area contributed by atoms with Crippen molar-refractivity contribution >= 4 is 27.6 Å². The minimum absolute atomic E-state index is 0.302. The van der Waals surface area contributed by atoms with Crippen molar-refractivity contribution in [2.24, 2.45) is 11.8 Å². The van der Waals surface area contributed by atoms with Gasteiger partial charge in [-0.1, -0.05) is 13.8 Å². The summed E-state index contributed by atoms with van der Waals surface area (Å²) in [4.78, 5) is 11.0. The summed E-state index contributed by atoms with van der Waals surface area (Å²) in [6.07, 6.45) is 3.67. The van der Waals surface area contributed by atoms with Gasteiger partial charge in [0.2, 0.25) is 0 Å². The second kappa shape index (κ2) is 5.95. The highest BCUT2D eigenvalue weighted by Crippen LogP contribution is 2.31. The number of carbonyl (C=O) groups is 1. The van der Waals surface area contributed by atoms with E-state index in [9.17, 15) is 4.79 Å². The van der Waals surface area contributed by atoms with Crippen molar-refractivity contribution in [3.05, 3.63) is 28.2 Å². The average Bonchev–Trinajstić information content (AvgIpc) is 2.26. The van der Waals surface area contributed by atoms with Crippen LogP contribution in [0.25, 0.3) is 0 Å². The van der Waals surface area contributed by atoms with Gasteiger partial charge in [-0.2, -0.15) is 0 Å². The van der Waals surface area contributed by atoms with Gasteiger partial charge in [-0.05, 0) is 65.2 Å². The highest BCUT2D eigenvalue weighted by atomic mass is 79.9. The molecule has 4 heteroatoms. The molecule has 1 saturated carbocycles. The fraction of sp³-hybridized carbons (Fsp3) is 0.533. The molecule has 0 spiro atoms. The van der Waals surface area contributed by atoms with E-state index in [4.69, 9.17) is 5.11 Å². The van der Waals surface area contributed by atoms with Crippen LogP contribution in [-0.4, -0.2) is 17.1 Å². The van der Waals surface area contributed by atoms with E-state index >= 15 is 0 Å². The summed E-state index contributed by atoms with van der Waals surface area (Å²) in [5.74, 6) is 0.601. The first kappa shape index (κ1) is 14.4. The first-order chi connectivity index (χ1) is 8.95. The van der Waals surface area contributed by atoms with Crippen molar-refractivity contribution in [2.45, 2.75) is 39.2 Å². The molecule has 1 aliphatic rings. The molecule has 1 fully saturated rings. The van der Waals surface area contributed by atoms with Crippen molar-refractivity contribution in [1.29, 1.82) is 0 Å². The summed E-state index contributed by atoms with van der Waals surface area (Å²) in [6, 6.07) is 5.83. The number of rotatable bonds is 3. The van der Waals surface area contributed by atoms with Gasteiger partial charge < -0.3 is 10.4 Å². The van der Waals surface area contributed by atoms with Crippen LogP contribution < -0.4 is 5.32 Å². The molecule has 2 atom stereocenters. The fourth-order valence-electron chi connectivity index (χ4n) is 3.08. The van der Waals surface area contributed by atoms with Crippen molar-refractivity contribution in [3.8, 4) is 0 Å². The maximum Gasteiger partial charge on any atom is 0.336 e. The van der Waals surface area contributed by atoms with E-state index in [2.05, 4.69) is 35.1 Å². The monoisotopic (exact) mass is 325 g/mol. The molecule has 104 valence electrons. The van der Waals surface area contributed by atoms with Crippen molar-refractivity contribution in [1.82, 2.24) is 0 Å². The van der Waals surface area contributed by atoms with E-state index in [-0.39, 0.29) is 0 Å². The normalized spacial score (nSPS) is 27.0. The third-order valence-corrected chi connectivity index (χ3v) is 4.40. The number of benzene rings is 1. The Labute approximate surface area is 122 Å². The van der Waals surface area contributed by atoms with Crippen molar-refractivity contribution in [2.75, 3.05) is 5.32 Å². The van der Waals surface area contributed by atoms with Crippen LogP contribution in [0.15, 0.2) is 22.7 Å². The van der Waals surface area contributed by atoms with Gasteiger partial charge in [-0.25, -0.2) is 4.79 Å². The fourth-order valence-corrected chi connectivity index (χ4v) is 3.63. The zero-order chi connectivity index (χ0) is 14.0. The Bertz CT molecular complexity index is 465. The molecule has 1 aliphatic carbocycles. The average molecular weight is 326 g/mol. The number of hydrogen-bond donors (Lipinski definition) is 2. The molecule has 19 heavy (non-hydrogen) atoms. The summed E-state index contributed by atoms with van der Waals surface area (Å²) < 4.78 is 0.627. The summed E-state index contributed by atoms with van der Waals surface area (Å²) in [5.41, 5.74) is 1.29. The third kappa shape index (κ3) is 3.72. The van der Waals surface area contributed by atoms with E-state index in [1.807, 2.05) is 12.1 Å². The van der Waals surface area contributed by atoms with Gasteiger partial charge >= 0.3 is 5.97 Å². The van der Waals surface area contributed by atoms with Crippen LogP contribution >= 0.6 is 15.9 Å². The van der Waals surface area contributed by atoms with Gasteiger partial charge in [0, 0.05) is 16.2 Å². The van der Waals surface area contributed by atoms with Crippen molar-refractivity contribution in [3.63, 3.8) is 0 Å². The molecule has 2 N–H and O–H groups in total. The Kier molecular flexibility index (Phi) is 4.50. The third-order valence-electron chi connectivity index (χ3n) is 3.75. The van der Waals surface area contributed by atoms with Gasteiger partial charge in [0.1, 0.15) is 0 Å². The molecular weight excluding hydrogens is 306 g/mol. The predicted molar refractivity (Wildman–Crippen MR) is 80.7 cm³/mol. The van der Waals surface area contributed by atoms with E-state index < -0.39 is 5.97 Å². The summed E-state index contributed by atoms with van der Waals surface area (Å²) in [6.45, 7) is 4.60. The molecule has 0 amide bonds. The second-order valence-corrected chi connectivity index (χ2v) is 6.61. The first-order valence-electron chi connectivity index (χ1n) is 6.75. The minimum atomic E-state index is -0.904. The largest absolute Gasteiger partial charge is 0.478 e. The Morgan fingerprint density at radius 1 is 1.26 bits per heavy atom.